The van der Waals surface area contributed by atoms with Crippen molar-refractivity contribution in [1.29, 1.82) is 0 Å². The first-order valence-corrected chi connectivity index (χ1v) is 6.13. The van der Waals surface area contributed by atoms with E-state index in [4.69, 9.17) is 1.37 Å². The van der Waals surface area contributed by atoms with Crippen molar-refractivity contribution in [2.45, 2.75) is 43.3 Å². The van der Waals surface area contributed by atoms with Gasteiger partial charge in [-0.1, -0.05) is 18.2 Å². The van der Waals surface area contributed by atoms with Crippen LogP contribution < -0.4 is 5.32 Å². The van der Waals surface area contributed by atoms with Gasteiger partial charge in [-0.05, 0) is 42.4 Å². The molecule has 2 fully saturated rings. The molecule has 0 saturated heterocycles. The minimum absolute atomic E-state index is 0.230. The monoisotopic (exact) mass is 218 g/mol. The van der Waals surface area contributed by atoms with Gasteiger partial charge < -0.3 is 5.32 Å². The third kappa shape index (κ3) is 1.14. The molecule has 2 aliphatic carbocycles. The van der Waals surface area contributed by atoms with Crippen molar-refractivity contribution >= 4 is 0 Å². The highest BCUT2D eigenvalue weighted by atomic mass is 19.1. The van der Waals surface area contributed by atoms with Crippen molar-refractivity contribution in [1.82, 2.24) is 5.32 Å². The van der Waals surface area contributed by atoms with Crippen molar-refractivity contribution in [2.24, 2.45) is 0 Å². The number of nitrogens with one attached hydrogen (secondary N) is 1. The molecule has 1 aromatic rings. The van der Waals surface area contributed by atoms with Gasteiger partial charge in [0.05, 0.1) is 0 Å². The lowest BCUT2D eigenvalue weighted by Gasteiger charge is -2.27. The summed E-state index contributed by atoms with van der Waals surface area (Å²) in [5.74, 6) is 0. The molecule has 1 aliphatic heterocycles. The second kappa shape index (κ2) is 2.67. The molecule has 0 amide bonds. The first-order chi connectivity index (χ1) is 8.13. The lowest BCUT2D eigenvalue weighted by Crippen LogP contribution is -2.33. The Kier molecular flexibility index (Phi) is 1.38. The molecule has 1 heterocycles. The van der Waals surface area contributed by atoms with E-state index in [0.29, 0.717) is 12.8 Å². The quantitative estimate of drug-likeness (QED) is 0.764. The van der Waals surface area contributed by atoms with Gasteiger partial charge in [-0.25, -0.2) is 4.39 Å². The molecule has 84 valence electrons. The van der Waals surface area contributed by atoms with Gasteiger partial charge in [-0.3, -0.25) is 0 Å². The van der Waals surface area contributed by atoms with Crippen molar-refractivity contribution in [3.63, 3.8) is 0 Å². The number of hydrogen-bond donors (Lipinski definition) is 1. The van der Waals surface area contributed by atoms with Crippen LogP contribution in [0.2, 0.25) is 0 Å². The molecule has 1 atom stereocenters. The third-order valence-corrected chi connectivity index (χ3v) is 4.38. The van der Waals surface area contributed by atoms with Crippen LogP contribution in [0, 0.1) is 0 Å². The van der Waals surface area contributed by atoms with Gasteiger partial charge >= 0.3 is 0 Å². The molecule has 1 nitrogen and oxygen atoms in total. The molecule has 2 heteroatoms. The zero-order valence-electron chi connectivity index (χ0n) is 10.2. The van der Waals surface area contributed by atoms with Gasteiger partial charge in [0.25, 0.3) is 0 Å². The van der Waals surface area contributed by atoms with Crippen LogP contribution in [0.4, 0.5) is 4.39 Å². The Labute approximate surface area is 96.5 Å². The number of halogens is 1. The summed E-state index contributed by atoms with van der Waals surface area (Å²) in [6.07, 6.45) is 3.70. The van der Waals surface area contributed by atoms with Gasteiger partial charge in [0.1, 0.15) is 5.67 Å². The summed E-state index contributed by atoms with van der Waals surface area (Å²) in [5, 5.41) is 3.24. The lowest BCUT2D eigenvalue weighted by molar-refractivity contribution is 0.317. The van der Waals surface area contributed by atoms with Crippen molar-refractivity contribution in [2.75, 3.05) is 6.54 Å². The molecule has 0 bridgehead atoms. The maximum Gasteiger partial charge on any atom is 0.136 e. The van der Waals surface area contributed by atoms with E-state index < -0.39 is 5.67 Å². The minimum Gasteiger partial charge on any atom is -0.312 e. The smallest absolute Gasteiger partial charge is 0.136 e. The van der Waals surface area contributed by atoms with Crippen molar-refractivity contribution in [3.8, 4) is 0 Å². The number of alkyl halides is 1. The number of rotatable bonds is 1. The van der Waals surface area contributed by atoms with E-state index in [-0.39, 0.29) is 11.9 Å². The van der Waals surface area contributed by atoms with E-state index in [9.17, 15) is 4.39 Å². The normalized spacial score (nSPS) is 33.1. The zero-order chi connectivity index (χ0) is 11.7. The van der Waals surface area contributed by atoms with Crippen LogP contribution in [-0.2, 0) is 17.6 Å². The summed E-state index contributed by atoms with van der Waals surface area (Å²) in [6, 6.07) is 5.91. The van der Waals surface area contributed by atoms with Crippen LogP contribution in [0.3, 0.4) is 0 Å². The fraction of sp³-hybridized carbons (Fsp3) is 0.571. The van der Waals surface area contributed by atoms with E-state index in [1.807, 2.05) is 12.1 Å². The molecular weight excluding hydrogens is 201 g/mol. The summed E-state index contributed by atoms with van der Waals surface area (Å²) in [6.45, 7) is 0.553. The fourth-order valence-electron chi connectivity index (χ4n) is 2.87. The third-order valence-electron chi connectivity index (χ3n) is 4.38. The minimum atomic E-state index is -1.05. The maximum atomic E-state index is 14.1. The Hall–Kier alpha value is -0.890. The van der Waals surface area contributed by atoms with E-state index in [1.54, 1.807) is 0 Å². The van der Waals surface area contributed by atoms with Crippen LogP contribution in [0.5, 0.6) is 0 Å². The van der Waals surface area contributed by atoms with Crippen LogP contribution in [-0.4, -0.2) is 6.54 Å². The second-order valence-electron chi connectivity index (χ2n) is 5.57. The lowest BCUT2D eigenvalue weighted by atomic mass is 9.86. The molecule has 16 heavy (non-hydrogen) atoms. The average Bonchev–Trinajstić information content (AvgIpc) is 3.23. The zero-order valence-corrected chi connectivity index (χ0v) is 9.22. The van der Waals surface area contributed by atoms with E-state index in [1.165, 1.54) is 18.4 Å². The molecule has 2 saturated carbocycles. The highest BCUT2D eigenvalue weighted by Crippen LogP contribution is 2.54. The number of fused-ring (bicyclic) bond motifs is 2. The average molecular weight is 218 g/mol. The van der Waals surface area contributed by atoms with Crippen molar-refractivity contribution < 1.29 is 5.76 Å². The van der Waals surface area contributed by atoms with E-state index in [0.717, 1.165) is 17.7 Å². The molecule has 3 aliphatic rings. The first kappa shape index (κ1) is 8.24. The Morgan fingerprint density at radius 1 is 1.25 bits per heavy atom. The van der Waals surface area contributed by atoms with Gasteiger partial charge in [0, 0.05) is 19.9 Å². The van der Waals surface area contributed by atoms with Crippen LogP contribution in [0.1, 0.15) is 43.7 Å². The summed E-state index contributed by atoms with van der Waals surface area (Å²) in [4.78, 5) is 0. The molecular formula is C14H16FN. The predicted octanol–water partition coefficient (Wildman–Crippen LogP) is 2.78. The second-order valence-corrected chi connectivity index (χ2v) is 5.57. The topological polar surface area (TPSA) is 12.0 Å². The van der Waals surface area contributed by atoms with Gasteiger partial charge in [0.2, 0.25) is 0 Å². The number of hydrogen-bond acceptors (Lipinski definition) is 1. The highest BCUT2D eigenvalue weighted by Gasteiger charge is 2.49. The first-order valence-electron chi connectivity index (χ1n) is 6.70. The molecule has 0 aromatic heterocycles. The maximum absolute atomic E-state index is 14.1. The predicted molar refractivity (Wildman–Crippen MR) is 61.1 cm³/mol. The molecule has 1 aromatic carbocycles. The Balaban J connectivity index is 1.85. The SMILES string of the molecule is [2H]C1NCC2(CC2)c2cc(C3(F)CC3)ccc21. The highest BCUT2D eigenvalue weighted by molar-refractivity contribution is 5.46. The van der Waals surface area contributed by atoms with E-state index in [2.05, 4.69) is 11.4 Å². The Morgan fingerprint density at radius 3 is 2.75 bits per heavy atom. The summed E-state index contributed by atoms with van der Waals surface area (Å²) < 4.78 is 22.1. The Bertz CT molecular complexity index is 491. The van der Waals surface area contributed by atoms with Gasteiger partial charge in [-0.2, -0.15) is 0 Å². The van der Waals surface area contributed by atoms with Gasteiger partial charge in [0.15, 0.2) is 0 Å². The summed E-state index contributed by atoms with van der Waals surface area (Å²) in [7, 11) is 0. The van der Waals surface area contributed by atoms with Gasteiger partial charge in [-0.15, -0.1) is 0 Å². The molecule has 1 N–H and O–H groups in total. The standard InChI is InChI=1S/C14H16FN/c15-14(5-6-14)11-2-1-10-8-16-9-13(3-4-13)12(10)7-11/h1-2,7,16H,3-6,8-9H2/i8D. The summed E-state index contributed by atoms with van der Waals surface area (Å²) in [5.41, 5.74) is 2.33. The van der Waals surface area contributed by atoms with Crippen molar-refractivity contribution in [3.05, 3.63) is 34.9 Å². The van der Waals surface area contributed by atoms with Crippen LogP contribution in [0.15, 0.2) is 18.2 Å². The number of benzene rings is 1. The van der Waals surface area contributed by atoms with Crippen LogP contribution in [0.25, 0.3) is 0 Å². The molecule has 4 rings (SSSR count). The molecule has 0 radical (unpaired) electrons. The largest absolute Gasteiger partial charge is 0.312 e. The molecule has 1 spiro atoms. The molecule has 1 unspecified atom stereocenters. The summed E-state index contributed by atoms with van der Waals surface area (Å²) >= 11 is 0. The van der Waals surface area contributed by atoms with Crippen LogP contribution >= 0.6 is 0 Å². The fourth-order valence-corrected chi connectivity index (χ4v) is 2.87. The van der Waals surface area contributed by atoms with E-state index >= 15 is 0 Å². The Morgan fingerprint density at radius 2 is 2.06 bits per heavy atom.